The molecule has 0 radical (unpaired) electrons. The molecule has 1 atom stereocenters. The Bertz CT molecular complexity index is 969. The van der Waals surface area contributed by atoms with Crippen LogP contribution in [-0.4, -0.2) is 30.9 Å². The summed E-state index contributed by atoms with van der Waals surface area (Å²) in [6.07, 6.45) is 6.81. The molecule has 0 N–H and O–H groups in total. The van der Waals surface area contributed by atoms with Crippen LogP contribution >= 0.6 is 23.1 Å². The second-order valence-electron chi connectivity index (χ2n) is 7.16. The fourth-order valence-corrected chi connectivity index (χ4v) is 5.68. The van der Waals surface area contributed by atoms with Gasteiger partial charge in [-0.2, -0.15) is 0 Å². The zero-order chi connectivity index (χ0) is 19.0. The molecule has 1 aliphatic rings. The Morgan fingerprint density at radius 3 is 2.96 bits per heavy atom. The van der Waals surface area contributed by atoms with Crippen molar-refractivity contribution in [3.8, 4) is 10.7 Å². The number of thiophene rings is 1. The van der Waals surface area contributed by atoms with E-state index in [0.717, 1.165) is 22.6 Å². The van der Waals surface area contributed by atoms with Gasteiger partial charge in [-0.05, 0) is 48.9 Å². The lowest BCUT2D eigenvalue weighted by Crippen LogP contribution is -2.10. The largest absolute Gasteiger partial charge is 0.348 e. The lowest BCUT2D eigenvalue weighted by molar-refractivity contribution is 0.101. The Hall–Kier alpha value is -1.86. The van der Waals surface area contributed by atoms with Crippen LogP contribution in [0.1, 0.15) is 40.7 Å². The number of carbonyl (C=O) groups excluding carboxylic acids is 1. The minimum atomic E-state index is 0.106. The first-order valence-electron chi connectivity index (χ1n) is 9.35. The van der Waals surface area contributed by atoms with Gasteiger partial charge in [0.05, 0.1) is 16.3 Å². The molecule has 4 rings (SSSR count). The fourth-order valence-electron chi connectivity index (χ4n) is 3.67. The molecule has 0 fully saturated rings. The van der Waals surface area contributed by atoms with Gasteiger partial charge >= 0.3 is 0 Å². The number of rotatable bonds is 6. The summed E-state index contributed by atoms with van der Waals surface area (Å²) in [5.41, 5.74) is 2.21. The van der Waals surface area contributed by atoms with Gasteiger partial charge in [0.2, 0.25) is 0 Å². The number of hydrogen-bond donors (Lipinski definition) is 0. The van der Waals surface area contributed by atoms with E-state index >= 15 is 0 Å². The molecule has 1 aliphatic carbocycles. The van der Waals surface area contributed by atoms with Gasteiger partial charge in [-0.3, -0.25) is 4.79 Å². The molecule has 3 aromatic rings. The predicted octanol–water partition coefficient (Wildman–Crippen LogP) is 4.37. The number of ketones is 1. The summed E-state index contributed by atoms with van der Waals surface area (Å²) in [7, 11) is 3.87. The van der Waals surface area contributed by atoms with E-state index < -0.39 is 0 Å². The second-order valence-corrected chi connectivity index (χ2v) is 9.24. The molecular weight excluding hydrogens is 376 g/mol. The zero-order valence-corrected chi connectivity index (χ0v) is 17.6. The van der Waals surface area contributed by atoms with Crippen molar-refractivity contribution in [1.29, 1.82) is 0 Å². The second kappa shape index (κ2) is 7.64. The highest BCUT2D eigenvalue weighted by Gasteiger charge is 2.22. The van der Waals surface area contributed by atoms with Crippen LogP contribution in [0.2, 0.25) is 0 Å². The van der Waals surface area contributed by atoms with Crippen molar-refractivity contribution in [2.75, 3.05) is 5.75 Å². The average Bonchev–Trinajstić information content (AvgIpc) is 3.37. The van der Waals surface area contributed by atoms with Crippen LogP contribution in [0, 0.1) is 5.92 Å². The average molecular weight is 401 g/mol. The molecule has 0 bridgehead atoms. The highest BCUT2D eigenvalue weighted by atomic mass is 32.2. The normalized spacial score (nSPS) is 16.5. The third-order valence-electron chi connectivity index (χ3n) is 5.38. The molecule has 3 heterocycles. The van der Waals surface area contributed by atoms with E-state index in [2.05, 4.69) is 23.2 Å². The molecule has 1 unspecified atom stereocenters. The minimum absolute atomic E-state index is 0.106. The van der Waals surface area contributed by atoms with Gasteiger partial charge in [-0.15, -0.1) is 21.5 Å². The molecular formula is C20H24N4OS2. The molecule has 0 spiro atoms. The molecule has 0 saturated heterocycles. The zero-order valence-electron chi connectivity index (χ0n) is 15.9. The van der Waals surface area contributed by atoms with Crippen molar-refractivity contribution >= 4 is 28.9 Å². The first kappa shape index (κ1) is 18.5. The Kier molecular flexibility index (Phi) is 5.23. The van der Waals surface area contributed by atoms with Crippen molar-refractivity contribution in [3.05, 3.63) is 40.5 Å². The smallest absolute Gasteiger partial charge is 0.191 e. The number of thioether (sulfide) groups is 1. The summed E-state index contributed by atoms with van der Waals surface area (Å²) >= 11 is 3.30. The lowest BCUT2D eigenvalue weighted by Gasteiger charge is -2.19. The van der Waals surface area contributed by atoms with E-state index in [1.165, 1.54) is 52.8 Å². The summed E-state index contributed by atoms with van der Waals surface area (Å²) in [6.45, 7) is 2.28. The van der Waals surface area contributed by atoms with Crippen molar-refractivity contribution in [1.82, 2.24) is 19.3 Å². The molecule has 142 valence electrons. The number of nitrogens with zero attached hydrogens (tertiary/aromatic N) is 4. The number of hydrogen-bond acceptors (Lipinski definition) is 5. The van der Waals surface area contributed by atoms with E-state index in [-0.39, 0.29) is 5.78 Å². The SMILES string of the molecule is CCC1CCc2sc(-c3nnc(SCC(=O)c4cccn4C)n3C)cc2C1. The first-order chi connectivity index (χ1) is 13.1. The van der Waals surface area contributed by atoms with Crippen LogP contribution in [0.5, 0.6) is 0 Å². The Morgan fingerprint density at radius 1 is 1.37 bits per heavy atom. The third-order valence-corrected chi connectivity index (χ3v) is 7.63. The van der Waals surface area contributed by atoms with Crippen LogP contribution < -0.4 is 0 Å². The highest BCUT2D eigenvalue weighted by molar-refractivity contribution is 7.99. The van der Waals surface area contributed by atoms with Crippen LogP contribution in [0.3, 0.4) is 0 Å². The maximum absolute atomic E-state index is 12.4. The highest BCUT2D eigenvalue weighted by Crippen LogP contribution is 2.38. The number of Topliss-reactive ketones (excluding diaryl/α,β-unsaturated/α-hetero) is 1. The topological polar surface area (TPSA) is 52.7 Å². The van der Waals surface area contributed by atoms with Crippen LogP contribution in [-0.2, 0) is 26.9 Å². The van der Waals surface area contributed by atoms with Gasteiger partial charge in [-0.1, -0.05) is 25.1 Å². The number of fused-ring (bicyclic) bond motifs is 1. The van der Waals surface area contributed by atoms with Gasteiger partial charge in [0.15, 0.2) is 16.8 Å². The van der Waals surface area contributed by atoms with Gasteiger partial charge in [-0.25, -0.2) is 0 Å². The first-order valence-corrected chi connectivity index (χ1v) is 11.2. The van der Waals surface area contributed by atoms with Crippen LogP contribution in [0.4, 0.5) is 0 Å². The summed E-state index contributed by atoms with van der Waals surface area (Å²) in [5.74, 6) is 2.18. The predicted molar refractivity (Wildman–Crippen MR) is 111 cm³/mol. The fraction of sp³-hybridized carbons (Fsp3) is 0.450. The van der Waals surface area contributed by atoms with Gasteiger partial charge in [0.1, 0.15) is 0 Å². The molecule has 27 heavy (non-hydrogen) atoms. The number of carbonyl (C=O) groups is 1. The third kappa shape index (κ3) is 3.62. The molecule has 3 aromatic heterocycles. The monoisotopic (exact) mass is 400 g/mol. The lowest BCUT2D eigenvalue weighted by atomic mass is 9.87. The van der Waals surface area contributed by atoms with Gasteiger partial charge in [0, 0.05) is 25.2 Å². The summed E-state index contributed by atoms with van der Waals surface area (Å²) in [5, 5.41) is 9.52. The standard InChI is InChI=1S/C20H24N4OS2/c1-4-13-7-8-17-14(10-13)11-18(27-17)19-21-22-20(24(19)3)26-12-16(25)15-6-5-9-23(15)2/h5-6,9,11,13H,4,7-8,10,12H2,1-3H3. The van der Waals surface area contributed by atoms with Crippen molar-refractivity contribution in [3.63, 3.8) is 0 Å². The van der Waals surface area contributed by atoms with E-state index in [4.69, 9.17) is 0 Å². The number of aryl methyl sites for hydroxylation is 2. The quantitative estimate of drug-likeness (QED) is 0.455. The van der Waals surface area contributed by atoms with Crippen LogP contribution in [0.25, 0.3) is 10.7 Å². The van der Waals surface area contributed by atoms with Gasteiger partial charge < -0.3 is 9.13 Å². The Labute approximate surface area is 167 Å². The van der Waals surface area contributed by atoms with Crippen LogP contribution in [0.15, 0.2) is 29.6 Å². The maximum atomic E-state index is 12.4. The van der Waals surface area contributed by atoms with E-state index in [1.54, 1.807) is 0 Å². The molecule has 0 amide bonds. The summed E-state index contributed by atoms with van der Waals surface area (Å²) in [4.78, 5) is 15.1. The molecule has 5 nitrogen and oxygen atoms in total. The van der Waals surface area contributed by atoms with E-state index in [1.807, 2.05) is 52.9 Å². The molecule has 0 aliphatic heterocycles. The summed E-state index contributed by atoms with van der Waals surface area (Å²) < 4.78 is 3.86. The van der Waals surface area contributed by atoms with Gasteiger partial charge in [0.25, 0.3) is 0 Å². The summed E-state index contributed by atoms with van der Waals surface area (Å²) in [6, 6.07) is 6.04. The van der Waals surface area contributed by atoms with Crippen molar-refractivity contribution in [2.24, 2.45) is 20.0 Å². The molecule has 0 saturated carbocycles. The molecule has 0 aromatic carbocycles. The van der Waals surface area contributed by atoms with Crippen molar-refractivity contribution in [2.45, 2.75) is 37.8 Å². The Morgan fingerprint density at radius 2 is 2.22 bits per heavy atom. The van der Waals surface area contributed by atoms with E-state index in [0.29, 0.717) is 5.75 Å². The maximum Gasteiger partial charge on any atom is 0.191 e. The van der Waals surface area contributed by atoms with Crippen molar-refractivity contribution < 1.29 is 4.79 Å². The van der Waals surface area contributed by atoms with E-state index in [9.17, 15) is 4.79 Å². The Balaban J connectivity index is 1.49. The minimum Gasteiger partial charge on any atom is -0.348 e. The number of aromatic nitrogens is 4. The molecule has 7 heteroatoms.